The number of hydrogen-bond donors (Lipinski definition) is 1. The molecule has 8 nitrogen and oxygen atoms in total. The Morgan fingerprint density at radius 3 is 2.27 bits per heavy atom. The highest BCUT2D eigenvalue weighted by atomic mass is 16.5. The molecule has 6 rings (SSSR count). The second-order valence-electron chi connectivity index (χ2n) is 10.1. The maximum absolute atomic E-state index is 13.4. The van der Waals surface area contributed by atoms with E-state index in [2.05, 4.69) is 23.5 Å². The summed E-state index contributed by atoms with van der Waals surface area (Å²) in [4.78, 5) is 39.8. The molecule has 0 atom stereocenters. The summed E-state index contributed by atoms with van der Waals surface area (Å²) < 4.78 is 17.5. The molecule has 0 unspecified atom stereocenters. The van der Waals surface area contributed by atoms with Crippen LogP contribution in [0, 0.1) is 0 Å². The average Bonchev–Trinajstić information content (AvgIpc) is 3.06. The van der Waals surface area contributed by atoms with Gasteiger partial charge in [0, 0.05) is 0 Å². The normalized spacial score (nSPS) is 14.1. The summed E-state index contributed by atoms with van der Waals surface area (Å²) >= 11 is 0. The largest absolute Gasteiger partial charge is 0.493 e. The van der Waals surface area contributed by atoms with Gasteiger partial charge in [-0.3, -0.25) is 14.9 Å². The van der Waals surface area contributed by atoms with Gasteiger partial charge in [-0.05, 0) is 69.9 Å². The minimum Gasteiger partial charge on any atom is -0.493 e. The number of rotatable bonds is 9. The fraction of sp³-hybridized carbons (Fsp3) is 0.0833. The van der Waals surface area contributed by atoms with Crippen LogP contribution in [-0.4, -0.2) is 25.0 Å². The van der Waals surface area contributed by atoms with Gasteiger partial charge in [0.2, 0.25) is 0 Å². The first-order valence-corrected chi connectivity index (χ1v) is 14.0. The van der Waals surface area contributed by atoms with Crippen LogP contribution in [0.2, 0.25) is 0 Å². The Morgan fingerprint density at radius 2 is 1.48 bits per heavy atom. The average molecular weight is 585 g/mol. The summed E-state index contributed by atoms with van der Waals surface area (Å²) in [6, 6.07) is 34.6. The number of nitrogens with one attached hydrogen (secondary N) is 1. The maximum Gasteiger partial charge on any atom is 0.335 e. The number of carbonyl (C=O) groups excluding carboxylic acids is 3. The van der Waals surface area contributed by atoms with Crippen LogP contribution in [0.3, 0.4) is 0 Å². The summed E-state index contributed by atoms with van der Waals surface area (Å²) in [5, 5.41) is 4.48. The lowest BCUT2D eigenvalue weighted by molar-refractivity contribution is -0.122. The molecule has 0 saturated carbocycles. The summed E-state index contributed by atoms with van der Waals surface area (Å²) in [5.41, 5.74) is 2.67. The summed E-state index contributed by atoms with van der Waals surface area (Å²) in [5.74, 6) is -0.0129. The fourth-order valence-electron chi connectivity index (χ4n) is 4.96. The van der Waals surface area contributed by atoms with Gasteiger partial charge in [0.1, 0.15) is 24.5 Å². The van der Waals surface area contributed by atoms with Gasteiger partial charge in [0.05, 0.1) is 12.8 Å². The lowest BCUT2D eigenvalue weighted by Crippen LogP contribution is -2.54. The molecule has 1 saturated heterocycles. The topological polar surface area (TPSA) is 94.2 Å². The summed E-state index contributed by atoms with van der Waals surface area (Å²) in [6.07, 6.45) is 1.42. The monoisotopic (exact) mass is 584 g/mol. The minimum atomic E-state index is -0.829. The first-order chi connectivity index (χ1) is 21.5. The second kappa shape index (κ2) is 12.5. The number of barbiturate groups is 1. The number of fused-ring (bicyclic) bond motifs is 1. The molecule has 1 aliphatic rings. The first kappa shape index (κ1) is 28.2. The highest BCUT2D eigenvalue weighted by molar-refractivity contribution is 6.39. The molecule has 1 N–H and O–H groups in total. The van der Waals surface area contributed by atoms with Crippen LogP contribution in [-0.2, 0) is 22.8 Å². The molecule has 0 spiro atoms. The molecule has 0 radical (unpaired) electrons. The molecule has 0 bridgehead atoms. The SMILES string of the molecule is COc1cc(/C=C2\C(=O)NC(=O)N(c3ccc(OCc4ccccc4)cc3)C2=O)ccc1OCc1cccc2ccccc12. The number of nitrogens with zero attached hydrogens (tertiary/aromatic N) is 1. The third kappa shape index (κ3) is 6.00. The lowest BCUT2D eigenvalue weighted by Gasteiger charge is -2.26. The number of imide groups is 2. The molecule has 1 aliphatic heterocycles. The van der Waals surface area contributed by atoms with E-state index in [1.54, 1.807) is 42.5 Å². The molecule has 5 aromatic carbocycles. The molecule has 0 aromatic heterocycles. The Bertz CT molecular complexity index is 1880. The van der Waals surface area contributed by atoms with Gasteiger partial charge >= 0.3 is 6.03 Å². The summed E-state index contributed by atoms with van der Waals surface area (Å²) in [6.45, 7) is 0.702. The molecular formula is C36H28N2O6. The van der Waals surface area contributed by atoms with E-state index in [1.165, 1.54) is 13.2 Å². The van der Waals surface area contributed by atoms with Crippen molar-refractivity contribution in [3.8, 4) is 17.2 Å². The molecule has 218 valence electrons. The molecular weight excluding hydrogens is 556 g/mol. The van der Waals surface area contributed by atoms with Gasteiger partial charge in [-0.2, -0.15) is 0 Å². The van der Waals surface area contributed by atoms with E-state index in [4.69, 9.17) is 14.2 Å². The zero-order valence-electron chi connectivity index (χ0n) is 23.9. The van der Waals surface area contributed by atoms with Gasteiger partial charge < -0.3 is 14.2 Å². The van der Waals surface area contributed by atoms with Crippen molar-refractivity contribution in [2.75, 3.05) is 12.0 Å². The van der Waals surface area contributed by atoms with Gasteiger partial charge in [-0.15, -0.1) is 0 Å². The number of benzene rings is 5. The molecule has 44 heavy (non-hydrogen) atoms. The van der Waals surface area contributed by atoms with E-state index < -0.39 is 17.8 Å². The molecule has 5 aromatic rings. The Labute approximate surface area is 254 Å². The van der Waals surface area contributed by atoms with E-state index in [0.717, 1.165) is 26.8 Å². The van der Waals surface area contributed by atoms with Crippen LogP contribution in [0.25, 0.3) is 16.8 Å². The Hall–Kier alpha value is -5.89. The highest BCUT2D eigenvalue weighted by Crippen LogP contribution is 2.31. The number of carbonyl (C=O) groups is 3. The van der Waals surface area contributed by atoms with Crippen molar-refractivity contribution < 1.29 is 28.6 Å². The smallest absolute Gasteiger partial charge is 0.335 e. The minimum absolute atomic E-state index is 0.194. The van der Waals surface area contributed by atoms with Crippen molar-refractivity contribution in [1.82, 2.24) is 5.32 Å². The van der Waals surface area contributed by atoms with E-state index >= 15 is 0 Å². The van der Waals surface area contributed by atoms with E-state index in [0.29, 0.717) is 41.7 Å². The Kier molecular flexibility index (Phi) is 8.05. The predicted molar refractivity (Wildman–Crippen MR) is 167 cm³/mol. The van der Waals surface area contributed by atoms with Crippen LogP contribution in [0.1, 0.15) is 16.7 Å². The van der Waals surface area contributed by atoms with Crippen molar-refractivity contribution in [1.29, 1.82) is 0 Å². The van der Waals surface area contributed by atoms with Gasteiger partial charge in [0.15, 0.2) is 11.5 Å². The Balaban J connectivity index is 1.18. The first-order valence-electron chi connectivity index (χ1n) is 14.0. The van der Waals surface area contributed by atoms with Crippen molar-refractivity contribution in [2.24, 2.45) is 0 Å². The van der Waals surface area contributed by atoms with E-state index in [-0.39, 0.29) is 5.57 Å². The standard InChI is InChI=1S/C36H28N2O6/c1-42-33-21-25(14-19-32(33)44-23-27-12-7-11-26-10-5-6-13-30(26)27)20-31-34(39)37-36(41)38(35(31)40)28-15-17-29(18-16-28)43-22-24-8-3-2-4-9-24/h2-21H,22-23H2,1H3,(H,37,39,41)/b31-20+. The molecule has 1 heterocycles. The second-order valence-corrected chi connectivity index (χ2v) is 10.1. The maximum atomic E-state index is 13.4. The number of amides is 4. The van der Waals surface area contributed by atoms with Crippen LogP contribution in [0.5, 0.6) is 17.2 Å². The van der Waals surface area contributed by atoms with Crippen molar-refractivity contribution >= 4 is 40.4 Å². The zero-order chi connectivity index (χ0) is 30.5. The van der Waals surface area contributed by atoms with Crippen molar-refractivity contribution in [2.45, 2.75) is 13.2 Å². The number of methoxy groups -OCH3 is 1. The van der Waals surface area contributed by atoms with E-state index in [9.17, 15) is 14.4 Å². The van der Waals surface area contributed by atoms with Crippen LogP contribution < -0.4 is 24.4 Å². The lowest BCUT2D eigenvalue weighted by atomic mass is 10.1. The molecule has 1 fully saturated rings. The van der Waals surface area contributed by atoms with Crippen molar-refractivity contribution in [3.05, 3.63) is 138 Å². The molecule has 8 heteroatoms. The van der Waals surface area contributed by atoms with Crippen LogP contribution in [0.4, 0.5) is 10.5 Å². The summed E-state index contributed by atoms with van der Waals surface area (Å²) in [7, 11) is 1.52. The number of ether oxygens (including phenoxy) is 3. The van der Waals surface area contributed by atoms with Gasteiger partial charge in [-0.25, -0.2) is 9.69 Å². The number of urea groups is 1. The third-order valence-corrected chi connectivity index (χ3v) is 7.21. The molecule has 0 aliphatic carbocycles. The van der Waals surface area contributed by atoms with Gasteiger partial charge in [-0.1, -0.05) is 78.9 Å². The van der Waals surface area contributed by atoms with Gasteiger partial charge in [0.25, 0.3) is 11.8 Å². The zero-order valence-corrected chi connectivity index (χ0v) is 23.9. The quantitative estimate of drug-likeness (QED) is 0.154. The Morgan fingerprint density at radius 1 is 0.727 bits per heavy atom. The number of hydrogen-bond acceptors (Lipinski definition) is 6. The van der Waals surface area contributed by atoms with Crippen LogP contribution >= 0.6 is 0 Å². The molecule has 4 amide bonds. The number of anilines is 1. The predicted octanol–water partition coefficient (Wildman–Crippen LogP) is 6.67. The van der Waals surface area contributed by atoms with Crippen LogP contribution in [0.15, 0.2) is 121 Å². The van der Waals surface area contributed by atoms with Crippen molar-refractivity contribution in [3.63, 3.8) is 0 Å². The highest BCUT2D eigenvalue weighted by Gasteiger charge is 2.36. The van der Waals surface area contributed by atoms with E-state index in [1.807, 2.05) is 54.6 Å². The fourth-order valence-corrected chi connectivity index (χ4v) is 4.96. The third-order valence-electron chi connectivity index (χ3n) is 7.21.